The van der Waals surface area contributed by atoms with E-state index in [0.29, 0.717) is 19.5 Å². The quantitative estimate of drug-likeness (QED) is 0.598. The van der Waals surface area contributed by atoms with Crippen molar-refractivity contribution in [1.82, 2.24) is 4.98 Å². The minimum Gasteiger partial charge on any atom is -0.467 e. The fourth-order valence-corrected chi connectivity index (χ4v) is 1.41. The number of aromatic amines is 1. The number of carbonyl (C=O) groups excluding carboxylic acids is 1. The summed E-state index contributed by atoms with van der Waals surface area (Å²) in [5.74, 6) is 0. The fourth-order valence-electron chi connectivity index (χ4n) is 1.25. The van der Waals surface area contributed by atoms with E-state index >= 15 is 0 Å². The molecule has 1 aromatic rings. The van der Waals surface area contributed by atoms with Crippen molar-refractivity contribution in [3.8, 4) is 0 Å². The summed E-state index contributed by atoms with van der Waals surface area (Å²) in [4.78, 5) is 13.0. The zero-order chi connectivity index (χ0) is 9.84. The molecule has 0 aliphatic heterocycles. The lowest BCUT2D eigenvalue weighted by Gasteiger charge is -1.98. The lowest BCUT2D eigenvalue weighted by Crippen LogP contribution is -1.98. The Hall–Kier alpha value is -0.960. The van der Waals surface area contributed by atoms with Gasteiger partial charge in [-0.15, -0.1) is 0 Å². The van der Waals surface area contributed by atoms with Crippen LogP contribution in [0.1, 0.15) is 17.0 Å². The van der Waals surface area contributed by atoms with E-state index in [2.05, 4.69) is 9.72 Å². The smallest absolute Gasteiger partial charge is 0.293 e. The van der Waals surface area contributed by atoms with Gasteiger partial charge in [-0.2, -0.15) is 0 Å². The Morgan fingerprint density at radius 3 is 2.69 bits per heavy atom. The van der Waals surface area contributed by atoms with Crippen LogP contribution in [0.5, 0.6) is 0 Å². The molecule has 13 heavy (non-hydrogen) atoms. The van der Waals surface area contributed by atoms with Gasteiger partial charge in [-0.1, -0.05) is 11.6 Å². The van der Waals surface area contributed by atoms with Crippen molar-refractivity contribution in [2.45, 2.75) is 20.3 Å². The number of halogens is 1. The highest BCUT2D eigenvalue weighted by Crippen LogP contribution is 2.23. The van der Waals surface area contributed by atoms with Gasteiger partial charge >= 0.3 is 0 Å². The van der Waals surface area contributed by atoms with Crippen molar-refractivity contribution >= 4 is 18.1 Å². The van der Waals surface area contributed by atoms with E-state index in [0.717, 1.165) is 22.0 Å². The lowest BCUT2D eigenvalue weighted by molar-refractivity contribution is -0.128. The van der Waals surface area contributed by atoms with E-state index in [9.17, 15) is 4.79 Å². The molecule has 0 bridgehead atoms. The van der Waals surface area contributed by atoms with Crippen LogP contribution in [0.4, 0.5) is 0 Å². The highest BCUT2D eigenvalue weighted by Gasteiger charge is 2.08. The molecule has 3 nitrogen and oxygen atoms in total. The van der Waals surface area contributed by atoms with Crippen LogP contribution in [0, 0.1) is 13.8 Å². The first-order valence-corrected chi connectivity index (χ1v) is 4.43. The molecule has 1 rings (SSSR count). The van der Waals surface area contributed by atoms with Crippen molar-refractivity contribution in [1.29, 1.82) is 0 Å². The van der Waals surface area contributed by atoms with Gasteiger partial charge in [0.15, 0.2) is 0 Å². The first kappa shape index (κ1) is 10.1. The van der Waals surface area contributed by atoms with Crippen molar-refractivity contribution in [2.24, 2.45) is 0 Å². The molecule has 0 radical (unpaired) electrons. The summed E-state index contributed by atoms with van der Waals surface area (Å²) in [6.07, 6.45) is 0.679. The minimum absolute atomic E-state index is 0.390. The van der Waals surface area contributed by atoms with E-state index in [-0.39, 0.29) is 0 Å². The summed E-state index contributed by atoms with van der Waals surface area (Å²) in [5, 5.41) is 0.765. The van der Waals surface area contributed by atoms with Crippen molar-refractivity contribution in [2.75, 3.05) is 6.61 Å². The van der Waals surface area contributed by atoms with Crippen LogP contribution in [-0.2, 0) is 16.0 Å². The van der Waals surface area contributed by atoms with Gasteiger partial charge in [0.1, 0.15) is 0 Å². The molecule has 0 saturated carbocycles. The predicted molar refractivity (Wildman–Crippen MR) is 51.0 cm³/mol. The SMILES string of the molecule is Cc1[nH]c(CCOC=O)c(C)c1Cl. The number of hydrogen-bond donors (Lipinski definition) is 1. The average molecular weight is 202 g/mol. The molecule has 0 aliphatic carbocycles. The molecule has 0 atom stereocenters. The molecule has 1 N–H and O–H groups in total. The van der Waals surface area contributed by atoms with Crippen LogP contribution in [0.25, 0.3) is 0 Å². The van der Waals surface area contributed by atoms with Gasteiger partial charge < -0.3 is 9.72 Å². The van der Waals surface area contributed by atoms with Gasteiger partial charge in [-0.25, -0.2) is 0 Å². The molecule has 0 aliphatic rings. The van der Waals surface area contributed by atoms with E-state index in [1.165, 1.54) is 0 Å². The maximum atomic E-state index is 9.89. The number of ether oxygens (including phenoxy) is 1. The molecule has 4 heteroatoms. The highest BCUT2D eigenvalue weighted by atomic mass is 35.5. The topological polar surface area (TPSA) is 42.1 Å². The van der Waals surface area contributed by atoms with Crippen molar-refractivity contribution < 1.29 is 9.53 Å². The third-order valence-corrected chi connectivity index (χ3v) is 2.55. The van der Waals surface area contributed by atoms with E-state index in [4.69, 9.17) is 11.6 Å². The van der Waals surface area contributed by atoms with E-state index in [1.54, 1.807) is 0 Å². The molecular formula is C9H12ClNO2. The molecule has 72 valence electrons. The molecule has 0 amide bonds. The van der Waals surface area contributed by atoms with Crippen LogP contribution < -0.4 is 0 Å². The Balaban J connectivity index is 2.66. The molecule has 1 heterocycles. The summed E-state index contributed by atoms with van der Waals surface area (Å²) < 4.78 is 4.60. The largest absolute Gasteiger partial charge is 0.467 e. The molecule has 1 aromatic heterocycles. The molecule has 0 unspecified atom stereocenters. The third kappa shape index (κ3) is 2.25. The Morgan fingerprint density at radius 2 is 2.23 bits per heavy atom. The first-order valence-electron chi connectivity index (χ1n) is 4.05. The minimum atomic E-state index is 0.390. The summed E-state index contributed by atoms with van der Waals surface area (Å²) >= 11 is 5.97. The normalized spacial score (nSPS) is 10.1. The first-order chi connectivity index (χ1) is 6.16. The second-order valence-corrected chi connectivity index (χ2v) is 3.26. The monoisotopic (exact) mass is 201 g/mol. The van der Waals surface area contributed by atoms with Gasteiger partial charge in [0, 0.05) is 17.8 Å². The van der Waals surface area contributed by atoms with Gasteiger partial charge in [-0.05, 0) is 19.4 Å². The zero-order valence-corrected chi connectivity index (χ0v) is 8.44. The van der Waals surface area contributed by atoms with Crippen molar-refractivity contribution in [3.05, 3.63) is 22.0 Å². The van der Waals surface area contributed by atoms with Crippen LogP contribution in [0.3, 0.4) is 0 Å². The second-order valence-electron chi connectivity index (χ2n) is 2.88. The van der Waals surface area contributed by atoms with Crippen LogP contribution in [0.15, 0.2) is 0 Å². The van der Waals surface area contributed by atoms with E-state index < -0.39 is 0 Å². The van der Waals surface area contributed by atoms with Gasteiger partial charge in [0.25, 0.3) is 6.47 Å². The third-order valence-electron chi connectivity index (χ3n) is 1.99. The standard InChI is InChI=1S/C9H12ClNO2/c1-6-8(3-4-13-5-12)11-7(2)9(6)10/h5,11H,3-4H2,1-2H3. The fraction of sp³-hybridized carbons (Fsp3) is 0.444. The maximum absolute atomic E-state index is 9.89. The van der Waals surface area contributed by atoms with Gasteiger partial charge in [0.05, 0.1) is 11.6 Å². The second kappa shape index (κ2) is 4.33. The Kier molecular flexibility index (Phi) is 3.37. The van der Waals surface area contributed by atoms with Crippen LogP contribution in [-0.4, -0.2) is 18.1 Å². The molecule has 0 saturated heterocycles. The number of carbonyl (C=O) groups is 1. The zero-order valence-electron chi connectivity index (χ0n) is 7.69. The predicted octanol–water partition coefficient (Wildman–Crippen LogP) is 2.00. The van der Waals surface area contributed by atoms with E-state index in [1.807, 2.05) is 13.8 Å². The number of aromatic nitrogens is 1. The number of hydrogen-bond acceptors (Lipinski definition) is 2. The Bertz CT molecular complexity index is 307. The van der Waals surface area contributed by atoms with Crippen LogP contribution in [0.2, 0.25) is 5.02 Å². The van der Waals surface area contributed by atoms with Crippen LogP contribution >= 0.6 is 11.6 Å². The lowest BCUT2D eigenvalue weighted by atomic mass is 10.2. The highest BCUT2D eigenvalue weighted by molar-refractivity contribution is 6.32. The summed E-state index contributed by atoms with van der Waals surface area (Å²) in [7, 11) is 0. The molecular weight excluding hydrogens is 190 g/mol. The Labute approximate surface area is 82.0 Å². The molecule has 0 spiro atoms. The average Bonchev–Trinajstić information content (AvgIpc) is 2.34. The Morgan fingerprint density at radius 1 is 1.54 bits per heavy atom. The number of aryl methyl sites for hydroxylation is 1. The number of nitrogens with one attached hydrogen (secondary N) is 1. The summed E-state index contributed by atoms with van der Waals surface area (Å²) in [6, 6.07) is 0. The number of H-pyrrole nitrogens is 1. The molecule has 0 aromatic carbocycles. The summed E-state index contributed by atoms with van der Waals surface area (Å²) in [6.45, 7) is 4.70. The number of rotatable bonds is 4. The maximum Gasteiger partial charge on any atom is 0.293 e. The van der Waals surface area contributed by atoms with Crippen molar-refractivity contribution in [3.63, 3.8) is 0 Å². The summed E-state index contributed by atoms with van der Waals surface area (Å²) in [5.41, 5.74) is 3.03. The van der Waals surface area contributed by atoms with Gasteiger partial charge in [0.2, 0.25) is 0 Å². The molecule has 0 fully saturated rings. The van der Waals surface area contributed by atoms with Gasteiger partial charge in [-0.3, -0.25) is 4.79 Å².